The fraction of sp³-hybridized carbons (Fsp3) is 0.200. The highest BCUT2D eigenvalue weighted by Crippen LogP contribution is 1.94. The summed E-state index contributed by atoms with van der Waals surface area (Å²) >= 11 is 0. The van der Waals surface area contributed by atoms with Gasteiger partial charge in [0.25, 0.3) is 0 Å². The second kappa shape index (κ2) is 3.49. The van der Waals surface area contributed by atoms with Crippen molar-refractivity contribution in [2.75, 3.05) is 7.11 Å². The van der Waals surface area contributed by atoms with Crippen LogP contribution in [0.1, 0.15) is 0 Å². The van der Waals surface area contributed by atoms with Gasteiger partial charge >= 0.3 is 5.97 Å². The molecular weight excluding hydrogens is 136 g/mol. The van der Waals surface area contributed by atoms with Gasteiger partial charge in [-0.05, 0) is 0 Å². The van der Waals surface area contributed by atoms with E-state index in [2.05, 4.69) is 4.74 Å². The summed E-state index contributed by atoms with van der Waals surface area (Å²) < 4.78 is 4.32. The zero-order valence-electron chi connectivity index (χ0n) is 5.42. The van der Waals surface area contributed by atoms with Crippen molar-refractivity contribution in [2.24, 2.45) is 5.73 Å². The summed E-state index contributed by atoms with van der Waals surface area (Å²) in [7, 11) is 1.20. The molecular formula is C5H8N2O3. The van der Waals surface area contributed by atoms with Gasteiger partial charge in [-0.2, -0.15) is 0 Å². The molecule has 0 aromatic rings. The van der Waals surface area contributed by atoms with Gasteiger partial charge in [0, 0.05) is 6.20 Å². The van der Waals surface area contributed by atoms with E-state index in [1.165, 1.54) is 7.11 Å². The molecule has 0 bridgehead atoms. The molecule has 0 unspecified atom stereocenters. The lowest BCUT2D eigenvalue weighted by Gasteiger charge is -1.99. The van der Waals surface area contributed by atoms with Crippen LogP contribution in [0, 0.1) is 5.41 Å². The molecule has 0 rings (SSSR count). The van der Waals surface area contributed by atoms with Crippen LogP contribution >= 0.6 is 0 Å². The lowest BCUT2D eigenvalue weighted by atomic mass is 10.3. The second-order valence-corrected chi connectivity index (χ2v) is 1.42. The fourth-order valence-corrected chi connectivity index (χ4v) is 0.354. The normalized spacial score (nSPS) is 10.7. The van der Waals surface area contributed by atoms with Crippen molar-refractivity contribution >= 4 is 11.9 Å². The molecule has 0 radical (unpaired) electrons. The Bertz CT molecular complexity index is 185. The van der Waals surface area contributed by atoms with Crippen molar-refractivity contribution in [2.45, 2.75) is 0 Å². The van der Waals surface area contributed by atoms with E-state index < -0.39 is 11.9 Å². The maximum Gasteiger partial charge on any atom is 0.342 e. The predicted molar refractivity (Wildman–Crippen MR) is 34.6 cm³/mol. The van der Waals surface area contributed by atoms with Gasteiger partial charge in [0.2, 0.25) is 5.90 Å². The van der Waals surface area contributed by atoms with Crippen LogP contribution in [0.15, 0.2) is 11.8 Å². The maximum atomic E-state index is 10.2. The zero-order chi connectivity index (χ0) is 8.15. The average Bonchev–Trinajstić information content (AvgIpc) is 1.88. The van der Waals surface area contributed by atoms with Crippen molar-refractivity contribution in [3.63, 3.8) is 0 Å². The summed E-state index contributed by atoms with van der Waals surface area (Å²) in [5.41, 5.74) is 4.54. The molecule has 5 heteroatoms. The third kappa shape index (κ3) is 1.77. The number of ether oxygens (including phenoxy) is 1. The lowest BCUT2D eigenvalue weighted by molar-refractivity contribution is -0.132. The number of hydrogen-bond acceptors (Lipinski definition) is 4. The minimum atomic E-state index is -1.27. The van der Waals surface area contributed by atoms with E-state index in [-0.39, 0.29) is 5.57 Å². The summed E-state index contributed by atoms with van der Waals surface area (Å²) in [6.07, 6.45) is 0.814. The van der Waals surface area contributed by atoms with Crippen molar-refractivity contribution in [3.05, 3.63) is 11.8 Å². The Balaban J connectivity index is 4.39. The molecule has 0 heterocycles. The Morgan fingerprint density at radius 2 is 2.30 bits per heavy atom. The fourth-order valence-electron chi connectivity index (χ4n) is 0.354. The van der Waals surface area contributed by atoms with E-state index in [4.69, 9.17) is 16.2 Å². The molecule has 5 nitrogen and oxygen atoms in total. The Hall–Kier alpha value is -1.52. The Kier molecular flexibility index (Phi) is 2.96. The number of nitrogens with two attached hydrogens (primary N) is 1. The van der Waals surface area contributed by atoms with E-state index in [1.807, 2.05) is 0 Å². The molecule has 0 aliphatic carbocycles. The van der Waals surface area contributed by atoms with Gasteiger partial charge in [-0.25, -0.2) is 4.79 Å². The molecule has 0 fully saturated rings. The van der Waals surface area contributed by atoms with Crippen LogP contribution < -0.4 is 5.73 Å². The molecule has 0 amide bonds. The summed E-state index contributed by atoms with van der Waals surface area (Å²) in [4.78, 5) is 10.2. The van der Waals surface area contributed by atoms with Crippen LogP contribution in [-0.4, -0.2) is 24.1 Å². The molecule has 0 aromatic carbocycles. The van der Waals surface area contributed by atoms with Gasteiger partial charge in [-0.3, -0.25) is 5.41 Å². The van der Waals surface area contributed by atoms with Crippen LogP contribution in [-0.2, 0) is 9.53 Å². The molecule has 0 aromatic heterocycles. The third-order valence-electron chi connectivity index (χ3n) is 0.846. The van der Waals surface area contributed by atoms with Crippen LogP contribution in [0.25, 0.3) is 0 Å². The molecule has 0 aliphatic heterocycles. The first-order valence-electron chi connectivity index (χ1n) is 2.41. The first-order valence-corrected chi connectivity index (χ1v) is 2.41. The van der Waals surface area contributed by atoms with Crippen LogP contribution in [0.3, 0.4) is 0 Å². The zero-order valence-corrected chi connectivity index (χ0v) is 5.42. The Morgan fingerprint density at radius 1 is 1.80 bits per heavy atom. The molecule has 0 aliphatic rings. The second-order valence-electron chi connectivity index (χ2n) is 1.42. The lowest BCUT2D eigenvalue weighted by Crippen LogP contribution is -2.14. The quantitative estimate of drug-likeness (QED) is 0.277. The van der Waals surface area contributed by atoms with E-state index in [0.29, 0.717) is 0 Å². The standard InChI is InChI=1S/C5H8N2O3/c1-10-4(7)3(2-6)5(8)9/h2,7H,6H2,1H3,(H,8,9)/b3-2+,7-4?. The van der Waals surface area contributed by atoms with Crippen LogP contribution in [0.5, 0.6) is 0 Å². The number of aliphatic carboxylic acids is 1. The molecule has 0 saturated carbocycles. The molecule has 0 saturated heterocycles. The minimum absolute atomic E-state index is 0.345. The molecule has 10 heavy (non-hydrogen) atoms. The van der Waals surface area contributed by atoms with Crippen molar-refractivity contribution in [1.29, 1.82) is 5.41 Å². The summed E-state index contributed by atoms with van der Waals surface area (Å²) in [6.45, 7) is 0. The summed E-state index contributed by atoms with van der Waals surface area (Å²) in [5.74, 6) is -1.72. The minimum Gasteiger partial charge on any atom is -0.481 e. The number of carboxylic acid groups (broad SMARTS) is 1. The number of methoxy groups -OCH3 is 1. The van der Waals surface area contributed by atoms with Gasteiger partial charge < -0.3 is 15.6 Å². The number of nitrogens with one attached hydrogen (secondary N) is 1. The van der Waals surface area contributed by atoms with Crippen molar-refractivity contribution < 1.29 is 14.6 Å². The van der Waals surface area contributed by atoms with Crippen LogP contribution in [0.4, 0.5) is 0 Å². The highest BCUT2D eigenvalue weighted by molar-refractivity contribution is 6.14. The van der Waals surface area contributed by atoms with E-state index in [0.717, 1.165) is 6.20 Å². The Labute approximate surface area is 57.6 Å². The number of hydrogen-bond donors (Lipinski definition) is 3. The van der Waals surface area contributed by atoms with E-state index >= 15 is 0 Å². The molecule has 4 N–H and O–H groups in total. The number of carbonyl (C=O) groups is 1. The largest absolute Gasteiger partial charge is 0.481 e. The number of rotatable bonds is 2. The highest BCUT2D eigenvalue weighted by atomic mass is 16.5. The SMILES string of the molecule is COC(=N)/C(=C\N)C(=O)O. The smallest absolute Gasteiger partial charge is 0.342 e. The van der Waals surface area contributed by atoms with Crippen molar-refractivity contribution in [1.82, 2.24) is 0 Å². The van der Waals surface area contributed by atoms with Crippen molar-refractivity contribution in [3.8, 4) is 0 Å². The van der Waals surface area contributed by atoms with Gasteiger partial charge in [-0.1, -0.05) is 0 Å². The maximum absolute atomic E-state index is 10.2. The Morgan fingerprint density at radius 3 is 2.40 bits per heavy atom. The molecule has 0 spiro atoms. The monoisotopic (exact) mass is 144 g/mol. The summed E-state index contributed by atoms with van der Waals surface area (Å²) in [5, 5.41) is 15.2. The molecule has 56 valence electrons. The van der Waals surface area contributed by atoms with E-state index in [9.17, 15) is 4.79 Å². The third-order valence-corrected chi connectivity index (χ3v) is 0.846. The topological polar surface area (TPSA) is 96.4 Å². The van der Waals surface area contributed by atoms with Crippen LogP contribution in [0.2, 0.25) is 0 Å². The first-order chi connectivity index (χ1) is 4.63. The number of carboxylic acids is 1. The van der Waals surface area contributed by atoms with E-state index in [1.54, 1.807) is 0 Å². The van der Waals surface area contributed by atoms with Gasteiger partial charge in [0.05, 0.1) is 7.11 Å². The van der Waals surface area contributed by atoms with Gasteiger partial charge in [-0.15, -0.1) is 0 Å². The molecule has 0 atom stereocenters. The first kappa shape index (κ1) is 8.48. The predicted octanol–water partition coefficient (Wildman–Crippen LogP) is -0.463. The van der Waals surface area contributed by atoms with Gasteiger partial charge in [0.1, 0.15) is 5.57 Å². The summed E-state index contributed by atoms with van der Waals surface area (Å²) in [6, 6.07) is 0. The highest BCUT2D eigenvalue weighted by Gasteiger charge is 2.12. The van der Waals surface area contributed by atoms with Gasteiger partial charge in [0.15, 0.2) is 0 Å². The average molecular weight is 144 g/mol.